The molecule has 8 nitrogen and oxygen atoms in total. The van der Waals surface area contributed by atoms with Gasteiger partial charge in [0.05, 0.1) is 11.9 Å². The fourth-order valence-electron chi connectivity index (χ4n) is 6.83. The maximum Gasteiger partial charge on any atom is 0.236 e. The number of aromatic nitrogens is 3. The molecule has 0 spiro atoms. The van der Waals surface area contributed by atoms with E-state index in [4.69, 9.17) is 15.5 Å². The SMILES string of the molecule is CN1CCN(C2CCC(n3cc(-c4ccc5c(c4)OC(c4ccccc4)CC5)c4c(N)ncnc43)CC2)CC1=O. The van der Waals surface area contributed by atoms with Crippen LogP contribution in [0.15, 0.2) is 61.1 Å². The molecule has 8 heteroatoms. The highest BCUT2D eigenvalue weighted by molar-refractivity contribution is 6.00. The first-order chi connectivity index (χ1) is 19.5. The number of fused-ring (bicyclic) bond motifs is 2. The number of nitrogen functional groups attached to an aromatic ring is 1. The second-order valence-corrected chi connectivity index (χ2v) is 11.5. The standard InChI is InChI=1S/C32H36N6O2/c1-36-15-16-37(19-29(36)39)24-10-12-25(13-11-24)38-18-26(30-31(33)34-20-35-32(30)38)23-8-7-22-9-14-27(40-28(22)17-23)21-5-3-2-4-6-21/h2-8,17-18,20,24-25,27H,9-16,19H2,1H3,(H2,33,34,35). The van der Waals surface area contributed by atoms with E-state index in [1.807, 2.05) is 18.0 Å². The summed E-state index contributed by atoms with van der Waals surface area (Å²) in [6.45, 7) is 2.32. The van der Waals surface area contributed by atoms with Crippen molar-refractivity contribution in [2.75, 3.05) is 32.4 Å². The van der Waals surface area contributed by atoms with Crippen molar-refractivity contribution >= 4 is 22.8 Å². The van der Waals surface area contributed by atoms with Crippen LogP contribution in [0.2, 0.25) is 0 Å². The maximum absolute atomic E-state index is 12.3. The van der Waals surface area contributed by atoms with Crippen molar-refractivity contribution in [3.63, 3.8) is 0 Å². The molecular weight excluding hydrogens is 500 g/mol. The van der Waals surface area contributed by atoms with Gasteiger partial charge in [-0.05, 0) is 61.3 Å². The monoisotopic (exact) mass is 536 g/mol. The zero-order chi connectivity index (χ0) is 27.2. The summed E-state index contributed by atoms with van der Waals surface area (Å²) < 4.78 is 8.85. The molecule has 1 aliphatic carbocycles. The summed E-state index contributed by atoms with van der Waals surface area (Å²) in [6.07, 6.45) is 10.1. The third kappa shape index (κ3) is 4.50. The molecule has 0 bridgehead atoms. The van der Waals surface area contributed by atoms with Crippen LogP contribution >= 0.6 is 0 Å². The average Bonchev–Trinajstić information content (AvgIpc) is 3.39. The molecule has 2 fully saturated rings. The Kier molecular flexibility index (Phi) is 6.42. The lowest BCUT2D eigenvalue weighted by Gasteiger charge is -2.40. The number of benzene rings is 2. The second kappa shape index (κ2) is 10.2. The summed E-state index contributed by atoms with van der Waals surface area (Å²) in [5.74, 6) is 1.67. The molecule has 0 radical (unpaired) electrons. The normalized spacial score (nSPS) is 23.7. The third-order valence-corrected chi connectivity index (χ3v) is 9.20. The van der Waals surface area contributed by atoms with Crippen LogP contribution in [0.1, 0.15) is 55.4 Å². The smallest absolute Gasteiger partial charge is 0.236 e. The minimum Gasteiger partial charge on any atom is -0.485 e. The van der Waals surface area contributed by atoms with Crippen molar-refractivity contribution in [2.45, 2.75) is 56.7 Å². The molecule has 1 unspecified atom stereocenters. The number of amides is 1. The minimum absolute atomic E-state index is 0.0597. The molecule has 2 N–H and O–H groups in total. The zero-order valence-electron chi connectivity index (χ0n) is 23.0. The van der Waals surface area contributed by atoms with Crippen molar-refractivity contribution in [3.05, 3.63) is 72.2 Å². The van der Waals surface area contributed by atoms with Crippen LogP contribution < -0.4 is 10.5 Å². The number of hydrogen-bond acceptors (Lipinski definition) is 6. The van der Waals surface area contributed by atoms with Crippen molar-refractivity contribution < 1.29 is 9.53 Å². The number of hydrogen-bond donors (Lipinski definition) is 1. The Bertz CT molecular complexity index is 1540. The number of nitrogens with zero attached hydrogens (tertiary/aromatic N) is 5. The number of nitrogens with two attached hydrogens (primary N) is 1. The van der Waals surface area contributed by atoms with Gasteiger partial charge in [0.15, 0.2) is 0 Å². The van der Waals surface area contributed by atoms with Gasteiger partial charge in [-0.15, -0.1) is 0 Å². The molecule has 4 heterocycles. The van der Waals surface area contributed by atoms with Crippen LogP contribution in [0.4, 0.5) is 5.82 Å². The van der Waals surface area contributed by atoms with Gasteiger partial charge in [0.2, 0.25) is 5.91 Å². The first-order valence-corrected chi connectivity index (χ1v) is 14.5. The van der Waals surface area contributed by atoms with Gasteiger partial charge in [0, 0.05) is 44.0 Å². The van der Waals surface area contributed by atoms with Crippen LogP contribution in [-0.4, -0.2) is 63.0 Å². The molecule has 1 saturated heterocycles. The Hall–Kier alpha value is -3.91. The van der Waals surface area contributed by atoms with Crippen molar-refractivity contribution in [1.82, 2.24) is 24.3 Å². The van der Waals surface area contributed by atoms with Gasteiger partial charge in [-0.1, -0.05) is 42.5 Å². The first kappa shape index (κ1) is 25.1. The molecule has 206 valence electrons. The van der Waals surface area contributed by atoms with Crippen LogP contribution in [0.5, 0.6) is 5.75 Å². The lowest BCUT2D eigenvalue weighted by Crippen LogP contribution is -2.52. The maximum atomic E-state index is 12.3. The molecule has 7 rings (SSSR count). The van der Waals surface area contributed by atoms with E-state index in [0.29, 0.717) is 24.4 Å². The molecule has 3 aliphatic rings. The van der Waals surface area contributed by atoms with Crippen LogP contribution in [0, 0.1) is 0 Å². The topological polar surface area (TPSA) is 89.5 Å². The Balaban J connectivity index is 1.16. The number of rotatable bonds is 4. The summed E-state index contributed by atoms with van der Waals surface area (Å²) in [5.41, 5.74) is 11.9. The summed E-state index contributed by atoms with van der Waals surface area (Å²) in [4.78, 5) is 25.6. The van der Waals surface area contributed by atoms with E-state index < -0.39 is 0 Å². The number of aryl methyl sites for hydroxylation is 1. The fourth-order valence-corrected chi connectivity index (χ4v) is 6.83. The minimum atomic E-state index is 0.0597. The molecule has 4 aromatic rings. The zero-order valence-corrected chi connectivity index (χ0v) is 23.0. The highest BCUT2D eigenvalue weighted by Gasteiger charge is 2.32. The Morgan fingerprint density at radius 2 is 1.75 bits per heavy atom. The van der Waals surface area contributed by atoms with E-state index in [-0.39, 0.29) is 12.0 Å². The van der Waals surface area contributed by atoms with E-state index in [1.54, 1.807) is 6.33 Å². The highest BCUT2D eigenvalue weighted by atomic mass is 16.5. The van der Waals surface area contributed by atoms with Gasteiger partial charge in [0.25, 0.3) is 0 Å². The molecule has 1 saturated carbocycles. The molecule has 1 amide bonds. The molecule has 2 aromatic carbocycles. The second-order valence-electron chi connectivity index (χ2n) is 11.5. The quantitative estimate of drug-likeness (QED) is 0.395. The van der Waals surface area contributed by atoms with Gasteiger partial charge in [-0.3, -0.25) is 9.69 Å². The van der Waals surface area contributed by atoms with Crippen LogP contribution in [0.25, 0.3) is 22.2 Å². The molecule has 1 atom stereocenters. The lowest BCUT2D eigenvalue weighted by atomic mass is 9.89. The fraction of sp³-hybridized carbons (Fsp3) is 0.406. The summed E-state index contributed by atoms with van der Waals surface area (Å²) >= 11 is 0. The predicted octanol–water partition coefficient (Wildman–Crippen LogP) is 5.00. The number of piperazine rings is 1. The number of ether oxygens (including phenoxy) is 1. The molecule has 2 aliphatic heterocycles. The van der Waals surface area contributed by atoms with E-state index >= 15 is 0 Å². The van der Waals surface area contributed by atoms with E-state index in [9.17, 15) is 4.79 Å². The third-order valence-electron chi connectivity index (χ3n) is 9.20. The summed E-state index contributed by atoms with van der Waals surface area (Å²) in [7, 11) is 1.90. The van der Waals surface area contributed by atoms with Gasteiger partial charge < -0.3 is 19.9 Å². The van der Waals surface area contributed by atoms with E-state index in [0.717, 1.165) is 79.5 Å². The lowest BCUT2D eigenvalue weighted by molar-refractivity contribution is -0.135. The predicted molar refractivity (Wildman–Crippen MR) is 156 cm³/mol. The van der Waals surface area contributed by atoms with Crippen LogP contribution in [-0.2, 0) is 11.2 Å². The van der Waals surface area contributed by atoms with Gasteiger partial charge >= 0.3 is 0 Å². The van der Waals surface area contributed by atoms with E-state index in [1.165, 1.54) is 11.1 Å². The molecule has 40 heavy (non-hydrogen) atoms. The number of carbonyl (C=O) groups is 1. The van der Waals surface area contributed by atoms with Crippen LogP contribution in [0.3, 0.4) is 0 Å². The largest absolute Gasteiger partial charge is 0.485 e. The van der Waals surface area contributed by atoms with Gasteiger partial charge in [-0.25, -0.2) is 9.97 Å². The van der Waals surface area contributed by atoms with Gasteiger partial charge in [0.1, 0.15) is 29.6 Å². The van der Waals surface area contributed by atoms with Crippen molar-refractivity contribution in [1.29, 1.82) is 0 Å². The van der Waals surface area contributed by atoms with Crippen molar-refractivity contribution in [2.24, 2.45) is 0 Å². The number of likely N-dealkylation sites (N-methyl/N-ethyl adjacent to an activating group) is 1. The van der Waals surface area contributed by atoms with Crippen molar-refractivity contribution in [3.8, 4) is 16.9 Å². The Morgan fingerprint density at radius 1 is 0.950 bits per heavy atom. The first-order valence-electron chi connectivity index (χ1n) is 14.5. The van der Waals surface area contributed by atoms with Gasteiger partial charge in [-0.2, -0.15) is 0 Å². The number of carbonyl (C=O) groups excluding carboxylic acids is 1. The summed E-state index contributed by atoms with van der Waals surface area (Å²) in [6, 6.07) is 17.8. The highest BCUT2D eigenvalue weighted by Crippen LogP contribution is 2.42. The Labute approximate surface area is 234 Å². The molecular formula is C32H36N6O2. The Morgan fingerprint density at radius 3 is 2.55 bits per heavy atom. The van der Waals surface area contributed by atoms with E-state index in [2.05, 4.69) is 63.1 Å². The number of anilines is 1. The molecule has 2 aromatic heterocycles. The summed E-state index contributed by atoms with van der Waals surface area (Å²) in [5, 5.41) is 0.907. The average molecular weight is 537 g/mol.